The van der Waals surface area contributed by atoms with Gasteiger partial charge in [0.05, 0.1) is 17.1 Å². The number of hydrogen-bond acceptors (Lipinski definition) is 5. The molecule has 6 heteroatoms. The zero-order valence-corrected chi connectivity index (χ0v) is 12.2. The van der Waals surface area contributed by atoms with Crippen LogP contribution in [0.2, 0.25) is 0 Å². The SMILES string of the molecule is NCCNC(=O)c1cc(N)c2c(c1)Sc1ccccc1N2. The molecule has 0 saturated carbocycles. The van der Waals surface area contributed by atoms with Crippen molar-refractivity contribution in [2.75, 3.05) is 24.1 Å². The Labute approximate surface area is 127 Å². The molecule has 0 unspecified atom stereocenters. The highest BCUT2D eigenvalue weighted by Crippen LogP contribution is 2.46. The average molecular weight is 300 g/mol. The van der Waals surface area contributed by atoms with Gasteiger partial charge in [-0.25, -0.2) is 0 Å². The second-order valence-corrected chi connectivity index (χ2v) is 5.79. The fourth-order valence-corrected chi connectivity index (χ4v) is 3.25. The number of para-hydroxylation sites is 1. The second-order valence-electron chi connectivity index (χ2n) is 4.71. The molecule has 0 radical (unpaired) electrons. The molecule has 1 heterocycles. The van der Waals surface area contributed by atoms with Crippen LogP contribution in [0.1, 0.15) is 10.4 Å². The summed E-state index contributed by atoms with van der Waals surface area (Å²) in [5.74, 6) is -0.158. The van der Waals surface area contributed by atoms with E-state index < -0.39 is 0 Å². The number of hydrogen-bond donors (Lipinski definition) is 4. The van der Waals surface area contributed by atoms with Gasteiger partial charge in [0.1, 0.15) is 0 Å². The molecule has 0 aliphatic carbocycles. The maximum absolute atomic E-state index is 12.0. The Morgan fingerprint density at radius 1 is 1.24 bits per heavy atom. The van der Waals surface area contributed by atoms with E-state index in [2.05, 4.69) is 10.6 Å². The van der Waals surface area contributed by atoms with Crippen LogP contribution >= 0.6 is 11.8 Å². The normalized spacial score (nSPS) is 12.0. The van der Waals surface area contributed by atoms with Crippen molar-refractivity contribution < 1.29 is 4.79 Å². The monoisotopic (exact) mass is 300 g/mol. The number of rotatable bonds is 3. The van der Waals surface area contributed by atoms with E-state index in [1.165, 1.54) is 0 Å². The van der Waals surface area contributed by atoms with E-state index in [1.807, 2.05) is 30.3 Å². The molecule has 21 heavy (non-hydrogen) atoms. The van der Waals surface area contributed by atoms with Crippen LogP contribution in [0.3, 0.4) is 0 Å². The van der Waals surface area contributed by atoms with Gasteiger partial charge in [0, 0.05) is 28.4 Å². The van der Waals surface area contributed by atoms with Crippen molar-refractivity contribution in [1.82, 2.24) is 5.32 Å². The van der Waals surface area contributed by atoms with Gasteiger partial charge in [-0.05, 0) is 24.3 Å². The predicted octanol–water partition coefficient (Wildman–Crippen LogP) is 2.17. The predicted molar refractivity (Wildman–Crippen MR) is 86.1 cm³/mol. The molecular weight excluding hydrogens is 284 g/mol. The van der Waals surface area contributed by atoms with Gasteiger partial charge in [0.2, 0.25) is 0 Å². The smallest absolute Gasteiger partial charge is 0.251 e. The fourth-order valence-electron chi connectivity index (χ4n) is 2.18. The Hall–Kier alpha value is -2.18. The first kappa shape index (κ1) is 13.8. The third kappa shape index (κ3) is 2.68. The van der Waals surface area contributed by atoms with Gasteiger partial charge in [0.15, 0.2) is 0 Å². The number of carbonyl (C=O) groups excluding carboxylic acids is 1. The lowest BCUT2D eigenvalue weighted by Gasteiger charge is -2.22. The third-order valence-corrected chi connectivity index (χ3v) is 4.31. The van der Waals surface area contributed by atoms with Gasteiger partial charge >= 0.3 is 0 Å². The first-order chi connectivity index (χ1) is 10.2. The van der Waals surface area contributed by atoms with Crippen LogP contribution < -0.4 is 22.1 Å². The zero-order chi connectivity index (χ0) is 14.8. The molecule has 6 N–H and O–H groups in total. The largest absolute Gasteiger partial charge is 0.397 e. The maximum atomic E-state index is 12.0. The van der Waals surface area contributed by atoms with E-state index in [0.29, 0.717) is 24.3 Å². The summed E-state index contributed by atoms with van der Waals surface area (Å²) in [6.07, 6.45) is 0. The van der Waals surface area contributed by atoms with Crippen molar-refractivity contribution in [2.24, 2.45) is 5.73 Å². The Bertz CT molecular complexity index is 702. The summed E-state index contributed by atoms with van der Waals surface area (Å²) in [6, 6.07) is 11.5. The molecule has 1 amide bonds. The zero-order valence-electron chi connectivity index (χ0n) is 11.3. The number of nitrogens with two attached hydrogens (primary N) is 2. The lowest BCUT2D eigenvalue weighted by Crippen LogP contribution is -2.29. The quantitative estimate of drug-likeness (QED) is 0.556. The van der Waals surface area contributed by atoms with Crippen molar-refractivity contribution in [3.05, 3.63) is 42.0 Å². The number of carbonyl (C=O) groups is 1. The van der Waals surface area contributed by atoms with Gasteiger partial charge in [0.25, 0.3) is 5.91 Å². The van der Waals surface area contributed by atoms with Gasteiger partial charge in [-0.1, -0.05) is 23.9 Å². The summed E-state index contributed by atoms with van der Waals surface area (Å²) >= 11 is 1.60. The molecule has 0 bridgehead atoms. The van der Waals surface area contributed by atoms with Gasteiger partial charge in [-0.3, -0.25) is 4.79 Å². The highest BCUT2D eigenvalue weighted by atomic mass is 32.2. The number of amides is 1. The van der Waals surface area contributed by atoms with E-state index in [4.69, 9.17) is 11.5 Å². The second kappa shape index (κ2) is 5.67. The minimum atomic E-state index is -0.158. The van der Waals surface area contributed by atoms with Crippen molar-refractivity contribution >= 4 is 34.7 Å². The molecule has 5 nitrogen and oxygen atoms in total. The van der Waals surface area contributed by atoms with Crippen LogP contribution in [0.5, 0.6) is 0 Å². The van der Waals surface area contributed by atoms with Crippen molar-refractivity contribution in [3.63, 3.8) is 0 Å². The highest BCUT2D eigenvalue weighted by Gasteiger charge is 2.19. The van der Waals surface area contributed by atoms with E-state index in [9.17, 15) is 4.79 Å². The topological polar surface area (TPSA) is 93.2 Å². The van der Waals surface area contributed by atoms with Crippen LogP contribution in [0.15, 0.2) is 46.2 Å². The summed E-state index contributed by atoms with van der Waals surface area (Å²) in [5.41, 5.74) is 14.5. The number of nitrogens with one attached hydrogen (secondary N) is 2. The van der Waals surface area contributed by atoms with Crippen LogP contribution in [0.25, 0.3) is 0 Å². The molecule has 0 aromatic heterocycles. The molecule has 1 aliphatic rings. The number of nitrogen functional groups attached to an aromatic ring is 1. The standard InChI is InChI=1S/C15H16N4OS/c16-5-6-18-15(20)9-7-10(17)14-13(8-9)21-12-4-2-1-3-11(12)19-14/h1-4,7-8,19H,5-6,16-17H2,(H,18,20). The van der Waals surface area contributed by atoms with Gasteiger partial charge in [-0.15, -0.1) is 0 Å². The lowest BCUT2D eigenvalue weighted by molar-refractivity contribution is 0.0954. The van der Waals surface area contributed by atoms with Crippen LogP contribution in [-0.2, 0) is 0 Å². The fraction of sp³-hybridized carbons (Fsp3) is 0.133. The van der Waals surface area contributed by atoms with Crippen LogP contribution in [0.4, 0.5) is 17.1 Å². The Kier molecular flexibility index (Phi) is 3.72. The Morgan fingerprint density at radius 2 is 2.05 bits per heavy atom. The van der Waals surface area contributed by atoms with Crippen molar-refractivity contribution in [3.8, 4) is 0 Å². The first-order valence-corrected chi connectivity index (χ1v) is 7.46. The highest BCUT2D eigenvalue weighted by molar-refractivity contribution is 7.99. The number of benzene rings is 2. The average Bonchev–Trinajstić information content (AvgIpc) is 2.50. The minimum Gasteiger partial charge on any atom is -0.397 e. The molecular formula is C15H16N4OS. The Balaban J connectivity index is 1.94. The molecule has 108 valence electrons. The number of fused-ring (bicyclic) bond motifs is 2. The summed E-state index contributed by atoms with van der Waals surface area (Å²) in [4.78, 5) is 14.1. The molecule has 2 aromatic carbocycles. The Morgan fingerprint density at radius 3 is 2.86 bits per heavy atom. The molecule has 3 rings (SSSR count). The summed E-state index contributed by atoms with van der Waals surface area (Å²) in [5, 5.41) is 6.07. The first-order valence-electron chi connectivity index (χ1n) is 6.64. The number of anilines is 3. The molecule has 1 aliphatic heterocycles. The van der Waals surface area contributed by atoms with E-state index in [0.717, 1.165) is 21.2 Å². The molecule has 0 atom stereocenters. The van der Waals surface area contributed by atoms with Crippen molar-refractivity contribution in [1.29, 1.82) is 0 Å². The lowest BCUT2D eigenvalue weighted by atomic mass is 10.1. The summed E-state index contributed by atoms with van der Waals surface area (Å²) in [6.45, 7) is 0.861. The minimum absolute atomic E-state index is 0.158. The van der Waals surface area contributed by atoms with Gasteiger partial charge < -0.3 is 22.1 Å². The molecule has 2 aromatic rings. The van der Waals surface area contributed by atoms with E-state index in [-0.39, 0.29) is 5.91 Å². The van der Waals surface area contributed by atoms with Crippen molar-refractivity contribution in [2.45, 2.75) is 9.79 Å². The van der Waals surface area contributed by atoms with Gasteiger partial charge in [-0.2, -0.15) is 0 Å². The van der Waals surface area contributed by atoms with Crippen LogP contribution in [0, 0.1) is 0 Å². The van der Waals surface area contributed by atoms with E-state index >= 15 is 0 Å². The third-order valence-electron chi connectivity index (χ3n) is 3.19. The maximum Gasteiger partial charge on any atom is 0.251 e. The summed E-state index contributed by atoms with van der Waals surface area (Å²) < 4.78 is 0. The van der Waals surface area contributed by atoms with E-state index in [1.54, 1.807) is 17.8 Å². The molecule has 0 spiro atoms. The van der Waals surface area contributed by atoms with Crippen LogP contribution in [-0.4, -0.2) is 19.0 Å². The molecule has 0 saturated heterocycles. The summed E-state index contributed by atoms with van der Waals surface area (Å²) in [7, 11) is 0. The molecule has 0 fully saturated rings.